The van der Waals surface area contributed by atoms with Gasteiger partial charge in [-0.05, 0) is 36.4 Å². The lowest BCUT2D eigenvalue weighted by Gasteiger charge is -2.06. The molecule has 0 N–H and O–H groups in total. The van der Waals surface area contributed by atoms with Crippen molar-refractivity contribution < 1.29 is 4.74 Å². The summed E-state index contributed by atoms with van der Waals surface area (Å²) in [4.78, 5) is 0. The molecule has 0 heterocycles. The Morgan fingerprint density at radius 2 is 1.56 bits per heavy atom. The molecule has 0 spiro atoms. The van der Waals surface area contributed by atoms with Crippen LogP contribution in [0.5, 0.6) is 11.5 Å². The van der Waals surface area contributed by atoms with E-state index in [0.717, 1.165) is 0 Å². The van der Waals surface area contributed by atoms with E-state index in [-0.39, 0.29) is 0 Å². The van der Waals surface area contributed by atoms with E-state index in [2.05, 4.69) is 0 Å². The fourth-order valence-corrected chi connectivity index (χ4v) is 1.63. The Balaban J connectivity index is 2.35. The average Bonchev–Trinajstić information content (AvgIpc) is 2.38. The SMILES string of the molecule is N#Cc1cc(C#N)cc(Oc2cccc(Cl)c2)c1. The number of nitriles is 2. The van der Waals surface area contributed by atoms with Crippen LogP contribution < -0.4 is 4.74 Å². The van der Waals surface area contributed by atoms with E-state index in [4.69, 9.17) is 26.9 Å². The van der Waals surface area contributed by atoms with Gasteiger partial charge in [0.2, 0.25) is 0 Å². The van der Waals surface area contributed by atoms with Crippen LogP contribution in [0, 0.1) is 22.7 Å². The van der Waals surface area contributed by atoms with E-state index in [1.54, 1.807) is 36.4 Å². The topological polar surface area (TPSA) is 56.8 Å². The van der Waals surface area contributed by atoms with E-state index < -0.39 is 0 Å². The number of ether oxygens (including phenoxy) is 1. The van der Waals surface area contributed by atoms with Gasteiger partial charge < -0.3 is 4.74 Å². The molecule has 0 fully saturated rings. The zero-order valence-electron chi connectivity index (χ0n) is 9.22. The molecule has 3 nitrogen and oxygen atoms in total. The number of nitrogens with zero attached hydrogens (tertiary/aromatic N) is 2. The highest BCUT2D eigenvalue weighted by molar-refractivity contribution is 6.30. The smallest absolute Gasteiger partial charge is 0.130 e. The summed E-state index contributed by atoms with van der Waals surface area (Å²) in [7, 11) is 0. The number of rotatable bonds is 2. The molecule has 2 rings (SSSR count). The van der Waals surface area contributed by atoms with Crippen LogP contribution in [0.25, 0.3) is 0 Å². The van der Waals surface area contributed by atoms with E-state index in [0.29, 0.717) is 27.6 Å². The van der Waals surface area contributed by atoms with Crippen molar-refractivity contribution in [3.05, 3.63) is 58.6 Å². The first-order valence-electron chi connectivity index (χ1n) is 5.10. The van der Waals surface area contributed by atoms with Crippen molar-refractivity contribution in [2.75, 3.05) is 0 Å². The molecule has 18 heavy (non-hydrogen) atoms. The van der Waals surface area contributed by atoms with Gasteiger partial charge in [0.25, 0.3) is 0 Å². The number of halogens is 1. The van der Waals surface area contributed by atoms with Gasteiger partial charge in [0.15, 0.2) is 0 Å². The lowest BCUT2D eigenvalue weighted by Crippen LogP contribution is -1.87. The van der Waals surface area contributed by atoms with Gasteiger partial charge in [-0.3, -0.25) is 0 Å². The molecular formula is C14H7ClN2O. The lowest BCUT2D eigenvalue weighted by molar-refractivity contribution is 0.482. The normalized spacial score (nSPS) is 9.28. The average molecular weight is 255 g/mol. The largest absolute Gasteiger partial charge is 0.457 e. The molecule has 0 bridgehead atoms. The van der Waals surface area contributed by atoms with Gasteiger partial charge in [-0.2, -0.15) is 10.5 Å². The molecule has 0 aliphatic rings. The van der Waals surface area contributed by atoms with Gasteiger partial charge in [-0.15, -0.1) is 0 Å². The van der Waals surface area contributed by atoms with Crippen molar-refractivity contribution in [3.63, 3.8) is 0 Å². The van der Waals surface area contributed by atoms with E-state index in [1.807, 2.05) is 12.1 Å². The summed E-state index contributed by atoms with van der Waals surface area (Å²) in [6.07, 6.45) is 0. The molecular weight excluding hydrogens is 248 g/mol. The lowest BCUT2D eigenvalue weighted by atomic mass is 10.1. The number of hydrogen-bond acceptors (Lipinski definition) is 3. The first-order chi connectivity index (χ1) is 8.71. The monoisotopic (exact) mass is 254 g/mol. The van der Waals surface area contributed by atoms with Gasteiger partial charge in [0.05, 0.1) is 23.3 Å². The molecule has 0 aliphatic carbocycles. The summed E-state index contributed by atoms with van der Waals surface area (Å²) < 4.78 is 5.56. The maximum atomic E-state index is 8.86. The Morgan fingerprint density at radius 3 is 2.11 bits per heavy atom. The standard InChI is InChI=1S/C14H7ClN2O/c15-12-2-1-3-13(7-12)18-14-5-10(8-16)4-11(6-14)9-17/h1-7H. The van der Waals surface area contributed by atoms with Crippen LogP contribution in [-0.4, -0.2) is 0 Å². The summed E-state index contributed by atoms with van der Waals surface area (Å²) in [5, 5.41) is 18.3. The van der Waals surface area contributed by atoms with Crippen LogP contribution in [0.1, 0.15) is 11.1 Å². The summed E-state index contributed by atoms with van der Waals surface area (Å²) in [6.45, 7) is 0. The minimum Gasteiger partial charge on any atom is -0.457 e. The van der Waals surface area contributed by atoms with Gasteiger partial charge in [0.1, 0.15) is 11.5 Å². The zero-order valence-corrected chi connectivity index (χ0v) is 9.98. The highest BCUT2D eigenvalue weighted by atomic mass is 35.5. The molecule has 0 atom stereocenters. The minimum absolute atomic E-state index is 0.381. The molecule has 0 saturated heterocycles. The summed E-state index contributed by atoms with van der Waals surface area (Å²) >= 11 is 5.84. The molecule has 2 aromatic carbocycles. The molecule has 0 radical (unpaired) electrons. The fourth-order valence-electron chi connectivity index (χ4n) is 1.45. The maximum absolute atomic E-state index is 8.86. The van der Waals surface area contributed by atoms with E-state index in [1.165, 1.54) is 6.07 Å². The Morgan fingerprint density at radius 1 is 0.889 bits per heavy atom. The third-order valence-electron chi connectivity index (χ3n) is 2.20. The molecule has 0 aliphatic heterocycles. The predicted molar refractivity (Wildman–Crippen MR) is 67.4 cm³/mol. The number of hydrogen-bond donors (Lipinski definition) is 0. The maximum Gasteiger partial charge on any atom is 0.130 e. The molecule has 0 aromatic heterocycles. The molecule has 4 heteroatoms. The molecule has 0 unspecified atom stereocenters. The van der Waals surface area contributed by atoms with Crippen LogP contribution >= 0.6 is 11.6 Å². The quantitative estimate of drug-likeness (QED) is 0.817. The minimum atomic E-state index is 0.381. The van der Waals surface area contributed by atoms with Crippen LogP contribution in [0.2, 0.25) is 5.02 Å². The van der Waals surface area contributed by atoms with Crippen LogP contribution in [0.4, 0.5) is 0 Å². The zero-order chi connectivity index (χ0) is 13.0. The second kappa shape index (κ2) is 5.23. The second-order valence-electron chi connectivity index (χ2n) is 3.53. The van der Waals surface area contributed by atoms with Gasteiger partial charge in [-0.1, -0.05) is 17.7 Å². The Kier molecular flexibility index (Phi) is 3.48. The van der Waals surface area contributed by atoms with E-state index >= 15 is 0 Å². The van der Waals surface area contributed by atoms with E-state index in [9.17, 15) is 0 Å². The fraction of sp³-hybridized carbons (Fsp3) is 0. The summed E-state index contributed by atoms with van der Waals surface area (Å²) in [6, 6.07) is 15.5. The first-order valence-corrected chi connectivity index (χ1v) is 5.48. The van der Waals surface area contributed by atoms with Crippen LogP contribution in [0.3, 0.4) is 0 Å². The third-order valence-corrected chi connectivity index (χ3v) is 2.43. The molecule has 0 saturated carbocycles. The molecule has 2 aromatic rings. The highest BCUT2D eigenvalue weighted by Crippen LogP contribution is 2.25. The molecule has 0 amide bonds. The third kappa shape index (κ3) is 2.79. The van der Waals surface area contributed by atoms with Crippen molar-refractivity contribution in [1.82, 2.24) is 0 Å². The Bertz CT molecular complexity index is 636. The predicted octanol–water partition coefficient (Wildman–Crippen LogP) is 3.88. The number of benzene rings is 2. The van der Waals surface area contributed by atoms with Crippen LogP contribution in [0.15, 0.2) is 42.5 Å². The van der Waals surface area contributed by atoms with Crippen molar-refractivity contribution in [1.29, 1.82) is 10.5 Å². The van der Waals surface area contributed by atoms with Crippen molar-refractivity contribution >= 4 is 11.6 Å². The Hall–Kier alpha value is -2.49. The second-order valence-corrected chi connectivity index (χ2v) is 3.97. The molecule has 86 valence electrons. The van der Waals surface area contributed by atoms with Crippen molar-refractivity contribution in [3.8, 4) is 23.6 Å². The van der Waals surface area contributed by atoms with Crippen LogP contribution in [-0.2, 0) is 0 Å². The highest BCUT2D eigenvalue weighted by Gasteiger charge is 2.03. The van der Waals surface area contributed by atoms with Crippen molar-refractivity contribution in [2.45, 2.75) is 0 Å². The summed E-state index contributed by atoms with van der Waals surface area (Å²) in [5.41, 5.74) is 0.761. The Labute approximate surface area is 109 Å². The van der Waals surface area contributed by atoms with Gasteiger partial charge in [-0.25, -0.2) is 0 Å². The van der Waals surface area contributed by atoms with Gasteiger partial charge in [0, 0.05) is 5.02 Å². The summed E-state index contributed by atoms with van der Waals surface area (Å²) in [5.74, 6) is 0.995. The first kappa shape index (κ1) is 12.0. The van der Waals surface area contributed by atoms with Crippen molar-refractivity contribution in [2.24, 2.45) is 0 Å². The van der Waals surface area contributed by atoms with Gasteiger partial charge >= 0.3 is 0 Å².